The molecule has 2 rings (SSSR count). The van der Waals surface area contributed by atoms with Gasteiger partial charge in [-0.15, -0.1) is 0 Å². The number of nitrogens with two attached hydrogens (primary N) is 1. The number of nitrogen functional groups attached to an aromatic ring is 1. The van der Waals surface area contributed by atoms with E-state index in [2.05, 4.69) is 20.1 Å². The molecule has 14 heteroatoms. The molecule has 2 aromatic rings. The van der Waals surface area contributed by atoms with Crippen molar-refractivity contribution in [1.29, 1.82) is 5.26 Å². The Balaban J connectivity index is 2.52. The quantitative estimate of drug-likeness (QED) is 0.153. The molecule has 14 nitrogen and oxygen atoms in total. The Bertz CT molecular complexity index is 1130. The Labute approximate surface area is 213 Å². The number of fused-ring (bicyclic) bond motifs is 1. The first-order valence-corrected chi connectivity index (χ1v) is 11.5. The van der Waals surface area contributed by atoms with Crippen molar-refractivity contribution in [2.75, 3.05) is 33.3 Å². The molecule has 0 radical (unpaired) electrons. The van der Waals surface area contributed by atoms with Crippen LogP contribution in [0, 0.1) is 11.3 Å². The summed E-state index contributed by atoms with van der Waals surface area (Å²) < 4.78 is 28.5. The molecule has 0 aliphatic rings. The zero-order valence-corrected chi connectivity index (χ0v) is 21.4. The standard InChI is InChI=1S/C23H32N6O8/c1-6-17(30)36-19(15-8-9-16-21(25)26-12-28-29(15)16)20(37-18(31)7-2)23(10-24,34-5)11-35-13-27-14(3)22(32)33-4/h8-9,12,14,19-20,27H,6-7,11,13H2,1-5H3,(H2,25,26,28)/t14-,19-,20-,23?/m0/s1. The van der Waals surface area contributed by atoms with Gasteiger partial charge in [-0.3, -0.25) is 19.7 Å². The number of ether oxygens (including phenoxy) is 5. The molecule has 0 aliphatic carbocycles. The number of nitriles is 1. The highest BCUT2D eigenvalue weighted by molar-refractivity contribution is 5.75. The number of rotatable bonds is 14. The lowest BCUT2D eigenvalue weighted by Gasteiger charge is -2.37. The molecule has 2 heterocycles. The van der Waals surface area contributed by atoms with Crippen molar-refractivity contribution >= 4 is 29.2 Å². The van der Waals surface area contributed by atoms with Crippen molar-refractivity contribution in [3.05, 3.63) is 24.2 Å². The Hall–Kier alpha value is -3.80. The highest BCUT2D eigenvalue weighted by Crippen LogP contribution is 2.35. The first-order chi connectivity index (χ1) is 17.7. The summed E-state index contributed by atoms with van der Waals surface area (Å²) in [6, 6.07) is 4.49. The van der Waals surface area contributed by atoms with E-state index >= 15 is 0 Å². The smallest absolute Gasteiger partial charge is 0.322 e. The Morgan fingerprint density at radius 3 is 2.46 bits per heavy atom. The Kier molecular flexibility index (Phi) is 10.7. The lowest BCUT2D eigenvalue weighted by molar-refractivity contribution is -0.197. The minimum Gasteiger partial charge on any atom is -0.468 e. The minimum absolute atomic E-state index is 0.00372. The van der Waals surface area contributed by atoms with E-state index in [0.717, 1.165) is 0 Å². The first-order valence-electron chi connectivity index (χ1n) is 11.5. The van der Waals surface area contributed by atoms with Crippen LogP contribution in [0.3, 0.4) is 0 Å². The summed E-state index contributed by atoms with van der Waals surface area (Å²) in [5.41, 5.74) is 4.67. The zero-order chi connectivity index (χ0) is 27.6. The predicted octanol–water partition coefficient (Wildman–Crippen LogP) is 0.662. The normalized spacial score (nSPS) is 15.1. The van der Waals surface area contributed by atoms with E-state index in [4.69, 9.17) is 24.7 Å². The number of nitrogens with zero attached hydrogens (tertiary/aromatic N) is 4. The second-order valence-electron chi connectivity index (χ2n) is 7.88. The molecule has 37 heavy (non-hydrogen) atoms. The lowest BCUT2D eigenvalue weighted by Crippen LogP contribution is -2.53. The van der Waals surface area contributed by atoms with Crippen LogP contribution in [0.5, 0.6) is 0 Å². The van der Waals surface area contributed by atoms with Gasteiger partial charge in [-0.25, -0.2) is 9.50 Å². The molecule has 0 bridgehead atoms. The van der Waals surface area contributed by atoms with Crippen LogP contribution in [0.25, 0.3) is 5.52 Å². The molecule has 0 aliphatic heterocycles. The monoisotopic (exact) mass is 520 g/mol. The number of carbonyl (C=O) groups is 3. The molecule has 1 unspecified atom stereocenters. The number of aromatic nitrogens is 3. The number of nitrogens with one attached hydrogen (secondary N) is 1. The van der Waals surface area contributed by atoms with Crippen LogP contribution < -0.4 is 11.1 Å². The molecule has 4 atom stereocenters. The van der Waals surface area contributed by atoms with Gasteiger partial charge in [0, 0.05) is 20.0 Å². The highest BCUT2D eigenvalue weighted by atomic mass is 16.6. The zero-order valence-electron chi connectivity index (χ0n) is 21.4. The molecular formula is C23H32N6O8. The molecule has 0 aromatic carbocycles. The molecule has 202 valence electrons. The summed E-state index contributed by atoms with van der Waals surface area (Å²) in [4.78, 5) is 40.5. The van der Waals surface area contributed by atoms with E-state index in [-0.39, 0.29) is 31.1 Å². The molecule has 0 amide bonds. The summed E-state index contributed by atoms with van der Waals surface area (Å²) in [6.07, 6.45) is -1.64. The number of anilines is 1. The van der Waals surface area contributed by atoms with Gasteiger partial charge in [-0.05, 0) is 19.1 Å². The van der Waals surface area contributed by atoms with Crippen molar-refractivity contribution in [2.24, 2.45) is 0 Å². The van der Waals surface area contributed by atoms with Gasteiger partial charge in [0.15, 0.2) is 18.0 Å². The average Bonchev–Trinajstić information content (AvgIpc) is 3.35. The Morgan fingerprint density at radius 2 is 1.86 bits per heavy atom. The van der Waals surface area contributed by atoms with Crippen LogP contribution in [0.1, 0.15) is 45.4 Å². The number of hydrogen-bond acceptors (Lipinski definition) is 13. The van der Waals surface area contributed by atoms with Crippen LogP contribution in [-0.4, -0.2) is 77.8 Å². The minimum atomic E-state index is -1.94. The number of esters is 3. The molecule has 3 N–H and O–H groups in total. The van der Waals surface area contributed by atoms with E-state index in [1.807, 2.05) is 6.07 Å². The summed E-state index contributed by atoms with van der Waals surface area (Å²) in [5.74, 6) is -1.65. The fourth-order valence-electron chi connectivity index (χ4n) is 3.36. The second-order valence-corrected chi connectivity index (χ2v) is 7.88. The topological polar surface area (TPSA) is 189 Å². The van der Waals surface area contributed by atoms with Gasteiger partial charge in [-0.1, -0.05) is 13.8 Å². The van der Waals surface area contributed by atoms with E-state index in [0.29, 0.717) is 5.52 Å². The van der Waals surface area contributed by atoms with E-state index in [1.54, 1.807) is 32.9 Å². The molecule has 2 aromatic heterocycles. The predicted molar refractivity (Wildman–Crippen MR) is 127 cm³/mol. The van der Waals surface area contributed by atoms with Gasteiger partial charge < -0.3 is 29.4 Å². The van der Waals surface area contributed by atoms with Gasteiger partial charge in [0.25, 0.3) is 0 Å². The van der Waals surface area contributed by atoms with E-state index < -0.39 is 48.4 Å². The fourth-order valence-corrected chi connectivity index (χ4v) is 3.36. The highest BCUT2D eigenvalue weighted by Gasteiger charge is 2.50. The summed E-state index contributed by atoms with van der Waals surface area (Å²) in [6.45, 7) is 4.13. The van der Waals surface area contributed by atoms with Crippen LogP contribution in [0.15, 0.2) is 18.5 Å². The second kappa shape index (κ2) is 13.5. The third-order valence-electron chi connectivity index (χ3n) is 5.55. The fraction of sp³-hybridized carbons (Fsp3) is 0.565. The SMILES string of the molecule is CCC(=O)O[C@@H](c1ccc2c(N)ncnn12)[C@H](OC(=O)CC)C(C#N)(COCN[C@@H](C)C(=O)OC)OC. The van der Waals surface area contributed by atoms with Crippen molar-refractivity contribution in [3.63, 3.8) is 0 Å². The number of methoxy groups -OCH3 is 2. The van der Waals surface area contributed by atoms with Gasteiger partial charge in [0.05, 0.1) is 26.1 Å². The van der Waals surface area contributed by atoms with Crippen molar-refractivity contribution in [1.82, 2.24) is 19.9 Å². The summed E-state index contributed by atoms with van der Waals surface area (Å²) in [5, 5.41) is 17.2. The molecule has 0 saturated heterocycles. The van der Waals surface area contributed by atoms with Crippen LogP contribution in [0.2, 0.25) is 0 Å². The Morgan fingerprint density at radius 1 is 1.19 bits per heavy atom. The molecular weight excluding hydrogens is 488 g/mol. The third-order valence-corrected chi connectivity index (χ3v) is 5.55. The van der Waals surface area contributed by atoms with Gasteiger partial charge in [0.2, 0.25) is 5.60 Å². The van der Waals surface area contributed by atoms with Crippen molar-refractivity contribution in [2.45, 2.75) is 57.5 Å². The maximum atomic E-state index is 12.5. The van der Waals surface area contributed by atoms with Gasteiger partial charge in [0.1, 0.15) is 24.0 Å². The van der Waals surface area contributed by atoms with Crippen LogP contribution in [0.4, 0.5) is 5.82 Å². The maximum absolute atomic E-state index is 12.5. The van der Waals surface area contributed by atoms with Crippen molar-refractivity contribution in [3.8, 4) is 6.07 Å². The van der Waals surface area contributed by atoms with Gasteiger partial charge >= 0.3 is 17.9 Å². The number of hydrogen-bond donors (Lipinski definition) is 2. The van der Waals surface area contributed by atoms with Crippen molar-refractivity contribution < 1.29 is 38.1 Å². The van der Waals surface area contributed by atoms with Gasteiger partial charge in [-0.2, -0.15) is 10.4 Å². The third kappa shape index (κ3) is 6.91. The first kappa shape index (κ1) is 29.4. The number of carbonyl (C=O) groups excluding carboxylic acids is 3. The molecule has 0 spiro atoms. The lowest BCUT2D eigenvalue weighted by atomic mass is 9.92. The molecule has 0 saturated carbocycles. The van der Waals surface area contributed by atoms with E-state index in [1.165, 1.54) is 25.1 Å². The summed E-state index contributed by atoms with van der Waals surface area (Å²) >= 11 is 0. The maximum Gasteiger partial charge on any atom is 0.322 e. The summed E-state index contributed by atoms with van der Waals surface area (Å²) in [7, 11) is 2.49. The van der Waals surface area contributed by atoms with Crippen LogP contribution >= 0.6 is 0 Å². The molecule has 0 fully saturated rings. The largest absolute Gasteiger partial charge is 0.468 e. The average molecular weight is 521 g/mol. The van der Waals surface area contributed by atoms with Crippen LogP contribution in [-0.2, 0) is 38.1 Å². The van der Waals surface area contributed by atoms with E-state index in [9.17, 15) is 19.6 Å².